The highest BCUT2D eigenvalue weighted by molar-refractivity contribution is 7.99. The number of aromatic amines is 1. The first-order valence-electron chi connectivity index (χ1n) is 9.54. The van der Waals surface area contributed by atoms with Crippen molar-refractivity contribution in [2.24, 2.45) is 4.99 Å². The minimum atomic E-state index is 0. The van der Waals surface area contributed by atoms with Gasteiger partial charge in [0.05, 0.1) is 25.7 Å². The number of nitrogens with zero attached hydrogens (tertiary/aromatic N) is 3. The lowest BCUT2D eigenvalue weighted by Crippen LogP contribution is -2.35. The molecule has 0 unspecified atom stereocenters. The second-order valence-corrected chi connectivity index (χ2v) is 7.59. The van der Waals surface area contributed by atoms with Gasteiger partial charge in [-0.15, -0.1) is 24.2 Å². The van der Waals surface area contributed by atoms with E-state index in [1.54, 1.807) is 25.2 Å². The lowest BCUT2D eigenvalue weighted by atomic mass is 10.2. The van der Waals surface area contributed by atoms with Crippen LogP contribution in [0.3, 0.4) is 0 Å². The molecule has 1 aromatic heterocycles. The molecular weight excluding hydrogens is 420 g/mol. The van der Waals surface area contributed by atoms with Crippen LogP contribution < -0.4 is 15.4 Å². The molecule has 30 heavy (non-hydrogen) atoms. The summed E-state index contributed by atoms with van der Waals surface area (Å²) in [4.78, 5) is 12.0. The monoisotopic (exact) mass is 448 g/mol. The Morgan fingerprint density at radius 1 is 1.37 bits per heavy atom. The summed E-state index contributed by atoms with van der Waals surface area (Å²) in [6.07, 6.45) is 8.54. The number of guanidine groups is 1. The molecule has 3 N–H and O–H groups in total. The van der Waals surface area contributed by atoms with Crippen LogP contribution in [-0.2, 0) is 0 Å². The number of nitrogens with one attached hydrogen (secondary N) is 3. The number of rotatable bonds is 10. The Bertz CT molecular complexity index is 842. The predicted molar refractivity (Wildman–Crippen MR) is 126 cm³/mol. The van der Waals surface area contributed by atoms with E-state index in [2.05, 4.69) is 39.4 Å². The number of methoxy groups -OCH3 is 1. The fourth-order valence-corrected chi connectivity index (χ4v) is 3.57. The fourth-order valence-electron chi connectivity index (χ4n) is 2.51. The largest absolute Gasteiger partial charge is 0.497 e. The summed E-state index contributed by atoms with van der Waals surface area (Å²) in [5, 5.41) is 15.7. The molecule has 0 saturated heterocycles. The average molecular weight is 449 g/mol. The quantitative estimate of drug-likeness (QED) is 0.126. The molecule has 1 aromatic carbocycles. The van der Waals surface area contributed by atoms with Gasteiger partial charge >= 0.3 is 0 Å². The molecule has 0 amide bonds. The first-order chi connectivity index (χ1) is 14.1. The number of ether oxygens (including phenoxy) is 1. The normalized spacial score (nSPS) is 11.2. The van der Waals surface area contributed by atoms with Gasteiger partial charge in [-0.2, -0.15) is 5.26 Å². The molecule has 2 aromatic rings. The third kappa shape index (κ3) is 8.80. The summed E-state index contributed by atoms with van der Waals surface area (Å²) in [5.41, 5.74) is 2.25. The van der Waals surface area contributed by atoms with Crippen molar-refractivity contribution in [1.29, 1.82) is 5.26 Å². The molecule has 0 aliphatic rings. The lowest BCUT2D eigenvalue weighted by Gasteiger charge is -2.08. The Morgan fingerprint density at radius 2 is 2.13 bits per heavy atom. The zero-order chi connectivity index (χ0) is 20.9. The van der Waals surface area contributed by atoms with E-state index in [1.165, 1.54) is 5.69 Å². The molecule has 0 atom stereocenters. The second kappa shape index (κ2) is 14.4. The minimum Gasteiger partial charge on any atom is -0.497 e. The highest BCUT2D eigenvalue weighted by Crippen LogP contribution is 2.25. The van der Waals surface area contributed by atoms with Crippen molar-refractivity contribution in [3.8, 4) is 11.9 Å². The standard InChI is InChI=1S/C21H28N6OS.ClH/c1-16(2)19-20(27-15-26-19)29-13-5-12-24-21(25-14-22)23-11-4-6-17-7-9-18(28-3)10-8-17;/h4,6-10,15-16H,5,11-13H2,1-3H3,(H,26,27)(H2,23,24,25);1H. The molecule has 0 radical (unpaired) electrons. The van der Waals surface area contributed by atoms with Crippen LogP contribution in [-0.4, -0.2) is 41.9 Å². The van der Waals surface area contributed by atoms with Gasteiger partial charge in [-0.05, 0) is 30.0 Å². The Morgan fingerprint density at radius 3 is 2.80 bits per heavy atom. The number of thioether (sulfide) groups is 1. The van der Waals surface area contributed by atoms with E-state index in [0.29, 0.717) is 18.4 Å². The Hall–Kier alpha value is -2.63. The van der Waals surface area contributed by atoms with Crippen molar-refractivity contribution in [3.05, 3.63) is 47.9 Å². The van der Waals surface area contributed by atoms with E-state index in [9.17, 15) is 0 Å². The van der Waals surface area contributed by atoms with Gasteiger partial charge in [0.15, 0.2) is 6.19 Å². The highest BCUT2D eigenvalue weighted by atomic mass is 35.5. The molecular formula is C21H29ClN6OS. The topological polar surface area (TPSA) is 98.1 Å². The maximum absolute atomic E-state index is 8.90. The SMILES string of the molecule is COc1ccc(C=CCN=C(NC#N)NCCCSc2nc[nH]c2C(C)C)cc1.Cl. The van der Waals surface area contributed by atoms with Crippen molar-refractivity contribution < 1.29 is 4.74 Å². The molecule has 9 heteroatoms. The van der Waals surface area contributed by atoms with Gasteiger partial charge in [0.1, 0.15) is 10.8 Å². The van der Waals surface area contributed by atoms with Gasteiger partial charge in [0.2, 0.25) is 5.96 Å². The van der Waals surface area contributed by atoms with Crippen LogP contribution >= 0.6 is 24.2 Å². The number of benzene rings is 1. The van der Waals surface area contributed by atoms with Crippen molar-refractivity contribution >= 4 is 36.2 Å². The lowest BCUT2D eigenvalue weighted by molar-refractivity contribution is 0.415. The van der Waals surface area contributed by atoms with Gasteiger partial charge in [0.25, 0.3) is 0 Å². The Balaban J connectivity index is 0.00000450. The Labute approximate surface area is 188 Å². The van der Waals surface area contributed by atoms with Gasteiger partial charge < -0.3 is 15.0 Å². The molecule has 0 spiro atoms. The van der Waals surface area contributed by atoms with Crippen molar-refractivity contribution in [2.45, 2.75) is 31.2 Å². The molecule has 0 bridgehead atoms. The molecule has 0 aliphatic carbocycles. The third-order valence-corrected chi connectivity index (χ3v) is 5.11. The number of hydrogen-bond acceptors (Lipinski definition) is 5. The van der Waals surface area contributed by atoms with Gasteiger partial charge in [-0.3, -0.25) is 5.32 Å². The Kier molecular flexibility index (Phi) is 12.2. The first kappa shape index (κ1) is 25.4. The fraction of sp³-hybridized carbons (Fsp3) is 0.381. The molecule has 7 nitrogen and oxygen atoms in total. The smallest absolute Gasteiger partial charge is 0.205 e. The zero-order valence-electron chi connectivity index (χ0n) is 17.5. The number of nitriles is 1. The summed E-state index contributed by atoms with van der Waals surface area (Å²) in [6.45, 7) is 5.50. The summed E-state index contributed by atoms with van der Waals surface area (Å²) >= 11 is 1.74. The van der Waals surface area contributed by atoms with Crippen LogP contribution in [0.2, 0.25) is 0 Å². The van der Waals surface area contributed by atoms with Crippen LogP contribution in [0.25, 0.3) is 6.08 Å². The highest BCUT2D eigenvalue weighted by Gasteiger charge is 2.09. The summed E-state index contributed by atoms with van der Waals surface area (Å²) in [6, 6.07) is 7.79. The van der Waals surface area contributed by atoms with Gasteiger partial charge in [-0.1, -0.05) is 38.1 Å². The van der Waals surface area contributed by atoms with E-state index in [4.69, 9.17) is 10.00 Å². The van der Waals surface area contributed by atoms with E-state index in [0.717, 1.165) is 35.1 Å². The molecule has 0 fully saturated rings. The predicted octanol–water partition coefficient (Wildman–Crippen LogP) is 4.18. The van der Waals surface area contributed by atoms with Gasteiger partial charge in [-0.25, -0.2) is 9.98 Å². The number of hydrogen-bond donors (Lipinski definition) is 3. The number of H-pyrrole nitrogens is 1. The molecule has 2 rings (SSSR count). The molecule has 1 heterocycles. The number of aliphatic imine (C=N–C) groups is 1. The molecule has 0 aliphatic heterocycles. The van der Waals surface area contributed by atoms with Crippen LogP contribution in [0.5, 0.6) is 5.75 Å². The number of halogens is 1. The van der Waals surface area contributed by atoms with Crippen molar-refractivity contribution in [1.82, 2.24) is 20.6 Å². The molecule has 162 valence electrons. The summed E-state index contributed by atoms with van der Waals surface area (Å²) < 4.78 is 5.15. The minimum absolute atomic E-state index is 0. The maximum atomic E-state index is 8.90. The van der Waals surface area contributed by atoms with Crippen LogP contribution in [0.4, 0.5) is 0 Å². The zero-order valence-corrected chi connectivity index (χ0v) is 19.1. The van der Waals surface area contributed by atoms with Crippen molar-refractivity contribution in [2.75, 3.05) is 26.0 Å². The van der Waals surface area contributed by atoms with Gasteiger partial charge in [0, 0.05) is 12.3 Å². The third-order valence-electron chi connectivity index (χ3n) is 4.02. The van der Waals surface area contributed by atoms with Crippen LogP contribution in [0.15, 0.2) is 46.7 Å². The van der Waals surface area contributed by atoms with Crippen molar-refractivity contribution in [3.63, 3.8) is 0 Å². The van der Waals surface area contributed by atoms with E-state index in [1.807, 2.05) is 42.6 Å². The van der Waals surface area contributed by atoms with E-state index in [-0.39, 0.29) is 12.4 Å². The van der Waals surface area contributed by atoms with E-state index >= 15 is 0 Å². The first-order valence-corrected chi connectivity index (χ1v) is 10.5. The molecule has 0 saturated carbocycles. The van der Waals surface area contributed by atoms with Crippen LogP contribution in [0, 0.1) is 11.5 Å². The number of imidazole rings is 1. The maximum Gasteiger partial charge on any atom is 0.205 e. The number of aromatic nitrogens is 2. The average Bonchev–Trinajstić information content (AvgIpc) is 3.20. The van der Waals surface area contributed by atoms with E-state index < -0.39 is 0 Å². The van der Waals surface area contributed by atoms with Crippen LogP contribution in [0.1, 0.15) is 37.4 Å². The summed E-state index contributed by atoms with van der Waals surface area (Å²) in [5.74, 6) is 2.69. The summed E-state index contributed by atoms with van der Waals surface area (Å²) in [7, 11) is 1.65. The second-order valence-electron chi connectivity index (χ2n) is 6.51.